The van der Waals surface area contributed by atoms with Gasteiger partial charge in [-0.15, -0.1) is 0 Å². The maximum absolute atomic E-state index is 14.0. The van der Waals surface area contributed by atoms with Crippen LogP contribution in [0.25, 0.3) is 11.8 Å². The molecular formula is C34H24ClFN2O2S. The minimum absolute atomic E-state index is 0.124. The summed E-state index contributed by atoms with van der Waals surface area (Å²) >= 11 is 7.38. The summed E-state index contributed by atoms with van der Waals surface area (Å²) in [6.07, 6.45) is 3.52. The van der Waals surface area contributed by atoms with E-state index in [9.17, 15) is 9.18 Å². The fourth-order valence-electron chi connectivity index (χ4n) is 5.58. The van der Waals surface area contributed by atoms with Gasteiger partial charge >= 0.3 is 0 Å². The standard InChI is InChI=1S/C34H24ClFN2O2S/c35-25-14-9-21(10-15-25)20-40-29-8-4-2-6-24(29)19-30-33(39)38-32(23-11-16-26(36)17-12-23)28-18-13-22-5-1-3-7-27(22)31(28)37-34(38)41-30/h1-12,14-17,19,32H,13,18,20H2/b30-19+/t32-/m1/s1. The van der Waals surface area contributed by atoms with Gasteiger partial charge in [-0.25, -0.2) is 9.38 Å². The van der Waals surface area contributed by atoms with E-state index in [-0.39, 0.29) is 17.4 Å². The van der Waals surface area contributed by atoms with Gasteiger partial charge in [0.1, 0.15) is 18.2 Å². The molecule has 0 fully saturated rings. The number of hydrogen-bond donors (Lipinski definition) is 0. The van der Waals surface area contributed by atoms with E-state index in [2.05, 4.69) is 12.1 Å². The van der Waals surface area contributed by atoms with Crippen LogP contribution in [0.15, 0.2) is 112 Å². The molecule has 0 saturated heterocycles. The number of para-hydroxylation sites is 1. The van der Waals surface area contributed by atoms with E-state index in [1.165, 1.54) is 29.0 Å². The third kappa shape index (κ3) is 4.83. The molecule has 0 unspecified atom stereocenters. The molecule has 0 bridgehead atoms. The number of nitrogens with zero attached hydrogens (tertiary/aromatic N) is 2. The first-order chi connectivity index (χ1) is 20.0. The average molecular weight is 579 g/mol. The second-order valence-electron chi connectivity index (χ2n) is 10.1. The van der Waals surface area contributed by atoms with Gasteiger partial charge in [-0.3, -0.25) is 9.36 Å². The van der Waals surface area contributed by atoms with Crippen LogP contribution in [0.3, 0.4) is 0 Å². The number of allylic oxidation sites excluding steroid dienone is 1. The summed E-state index contributed by atoms with van der Waals surface area (Å²) in [4.78, 5) is 19.7. The van der Waals surface area contributed by atoms with Crippen LogP contribution in [0.4, 0.5) is 4.39 Å². The van der Waals surface area contributed by atoms with Crippen molar-refractivity contribution in [2.24, 2.45) is 4.99 Å². The van der Waals surface area contributed by atoms with Crippen molar-refractivity contribution < 1.29 is 9.13 Å². The Morgan fingerprint density at radius 1 is 0.951 bits per heavy atom. The van der Waals surface area contributed by atoms with Gasteiger partial charge in [0.2, 0.25) is 0 Å². The minimum Gasteiger partial charge on any atom is -0.488 e. The summed E-state index contributed by atoms with van der Waals surface area (Å²) in [5, 5.41) is 0.675. The van der Waals surface area contributed by atoms with Crippen molar-refractivity contribution in [1.82, 2.24) is 4.57 Å². The molecule has 1 aliphatic heterocycles. The molecule has 0 radical (unpaired) electrons. The van der Waals surface area contributed by atoms with Crippen LogP contribution in [0.5, 0.6) is 5.75 Å². The normalized spacial score (nSPS) is 16.0. The van der Waals surface area contributed by atoms with Gasteiger partial charge in [-0.05, 0) is 71.5 Å². The topological polar surface area (TPSA) is 43.6 Å². The zero-order valence-electron chi connectivity index (χ0n) is 21.9. The number of rotatable bonds is 5. The zero-order chi connectivity index (χ0) is 27.9. The largest absolute Gasteiger partial charge is 0.488 e. The number of benzene rings is 4. The minimum atomic E-state index is -0.353. The Morgan fingerprint density at radius 2 is 1.71 bits per heavy atom. The lowest BCUT2D eigenvalue weighted by Crippen LogP contribution is -2.38. The van der Waals surface area contributed by atoms with Crippen molar-refractivity contribution in [2.45, 2.75) is 25.5 Å². The maximum atomic E-state index is 14.0. The smallest absolute Gasteiger partial charge is 0.271 e. The van der Waals surface area contributed by atoms with Gasteiger partial charge in [0, 0.05) is 16.1 Å². The number of aromatic nitrogens is 1. The first-order valence-corrected chi connectivity index (χ1v) is 14.6. The van der Waals surface area contributed by atoms with E-state index < -0.39 is 0 Å². The number of thiazole rings is 1. The van der Waals surface area contributed by atoms with E-state index in [1.807, 2.05) is 66.7 Å². The van der Waals surface area contributed by atoms with Crippen molar-refractivity contribution in [3.8, 4) is 5.75 Å². The SMILES string of the molecule is O=c1/c(=C\c2ccccc2OCc2ccc(Cl)cc2)sc2n1[C@H](c1ccc(F)cc1)C1=C(N=2)c2ccccc2CC1. The third-order valence-electron chi connectivity index (χ3n) is 7.57. The monoisotopic (exact) mass is 578 g/mol. The molecule has 4 nitrogen and oxygen atoms in total. The van der Waals surface area contributed by atoms with Gasteiger partial charge < -0.3 is 4.74 Å². The van der Waals surface area contributed by atoms with E-state index in [0.717, 1.165) is 46.4 Å². The van der Waals surface area contributed by atoms with Gasteiger partial charge in [0.15, 0.2) is 4.80 Å². The molecule has 0 amide bonds. The highest BCUT2D eigenvalue weighted by Crippen LogP contribution is 2.41. The third-order valence-corrected chi connectivity index (χ3v) is 8.81. The van der Waals surface area contributed by atoms with Crippen molar-refractivity contribution in [1.29, 1.82) is 0 Å². The van der Waals surface area contributed by atoms with Crippen LogP contribution < -0.4 is 19.6 Å². The molecule has 7 rings (SSSR count). The second-order valence-corrected chi connectivity index (χ2v) is 11.6. The molecule has 41 heavy (non-hydrogen) atoms. The van der Waals surface area contributed by atoms with E-state index in [4.69, 9.17) is 21.3 Å². The Hall–Kier alpha value is -4.26. The van der Waals surface area contributed by atoms with Gasteiger partial charge in [0.05, 0.1) is 16.3 Å². The molecule has 2 aliphatic rings. The van der Waals surface area contributed by atoms with Crippen LogP contribution in [0.1, 0.15) is 40.3 Å². The number of hydrogen-bond acceptors (Lipinski definition) is 4. The first kappa shape index (κ1) is 25.7. The molecule has 7 heteroatoms. The molecule has 1 atom stereocenters. The highest BCUT2D eigenvalue weighted by Gasteiger charge is 2.32. The van der Waals surface area contributed by atoms with E-state index in [1.54, 1.807) is 16.7 Å². The Kier molecular flexibility index (Phi) is 6.65. The summed E-state index contributed by atoms with van der Waals surface area (Å²) in [7, 11) is 0. The van der Waals surface area contributed by atoms with Crippen molar-refractivity contribution in [2.75, 3.05) is 0 Å². The Labute approximate surface area is 245 Å². The molecule has 0 spiro atoms. The van der Waals surface area contributed by atoms with E-state index in [0.29, 0.717) is 26.7 Å². The zero-order valence-corrected chi connectivity index (χ0v) is 23.5. The Bertz CT molecular complexity index is 1990. The molecule has 202 valence electrons. The van der Waals surface area contributed by atoms with Crippen molar-refractivity contribution in [3.63, 3.8) is 0 Å². The number of halogens is 2. The van der Waals surface area contributed by atoms with Crippen LogP contribution in [-0.2, 0) is 13.0 Å². The first-order valence-electron chi connectivity index (χ1n) is 13.4. The molecule has 0 saturated carbocycles. The maximum Gasteiger partial charge on any atom is 0.271 e. The summed E-state index contributed by atoms with van der Waals surface area (Å²) in [5.74, 6) is 0.371. The molecule has 5 aromatic rings. The second kappa shape index (κ2) is 10.6. The Balaban J connectivity index is 1.35. The lowest BCUT2D eigenvalue weighted by molar-refractivity contribution is 0.305. The number of ether oxygens (including phenoxy) is 1. The Morgan fingerprint density at radius 3 is 2.54 bits per heavy atom. The molecular weight excluding hydrogens is 555 g/mol. The summed E-state index contributed by atoms with van der Waals surface area (Å²) in [5.41, 5.74) is 6.89. The van der Waals surface area contributed by atoms with Gasteiger partial charge in [-0.2, -0.15) is 0 Å². The number of aryl methyl sites for hydroxylation is 1. The van der Waals surface area contributed by atoms with Gasteiger partial charge in [-0.1, -0.05) is 89.7 Å². The quantitative estimate of drug-likeness (QED) is 0.233. The lowest BCUT2D eigenvalue weighted by atomic mass is 9.83. The van der Waals surface area contributed by atoms with Crippen molar-refractivity contribution in [3.05, 3.63) is 161 Å². The predicted molar refractivity (Wildman–Crippen MR) is 161 cm³/mol. The fourth-order valence-corrected chi connectivity index (χ4v) is 6.70. The molecule has 1 aliphatic carbocycles. The molecule has 1 aromatic heterocycles. The molecule has 2 heterocycles. The highest BCUT2D eigenvalue weighted by molar-refractivity contribution is 7.07. The number of fused-ring (bicyclic) bond motifs is 3. The van der Waals surface area contributed by atoms with Crippen LogP contribution in [0, 0.1) is 5.82 Å². The molecule has 4 aromatic carbocycles. The summed E-state index contributed by atoms with van der Waals surface area (Å²) in [6, 6.07) is 29.6. The summed E-state index contributed by atoms with van der Waals surface area (Å²) < 4.78 is 22.4. The van der Waals surface area contributed by atoms with Crippen LogP contribution in [-0.4, -0.2) is 4.57 Å². The predicted octanol–water partition coefficient (Wildman–Crippen LogP) is 6.69. The van der Waals surface area contributed by atoms with E-state index >= 15 is 0 Å². The highest BCUT2D eigenvalue weighted by atomic mass is 35.5. The fraction of sp³-hybridized carbons (Fsp3) is 0.118. The van der Waals surface area contributed by atoms with Crippen LogP contribution in [0.2, 0.25) is 5.02 Å². The average Bonchev–Trinajstić information content (AvgIpc) is 3.31. The molecule has 0 N–H and O–H groups in total. The summed E-state index contributed by atoms with van der Waals surface area (Å²) in [6.45, 7) is 0.375. The lowest BCUT2D eigenvalue weighted by Gasteiger charge is -2.30. The van der Waals surface area contributed by atoms with Crippen LogP contribution >= 0.6 is 22.9 Å². The van der Waals surface area contributed by atoms with Crippen molar-refractivity contribution >= 4 is 34.7 Å². The van der Waals surface area contributed by atoms with Gasteiger partial charge in [0.25, 0.3) is 5.56 Å².